The molecule has 1 fully saturated rings. The Balaban J connectivity index is 1.97. The molecular weight excluding hydrogens is 348 g/mol. The number of nitrogens with zero attached hydrogens (tertiary/aromatic N) is 2. The van der Waals surface area contributed by atoms with Crippen molar-refractivity contribution in [1.82, 2.24) is 8.87 Å². The van der Waals surface area contributed by atoms with Crippen LogP contribution in [0.15, 0.2) is 52.3 Å². The summed E-state index contributed by atoms with van der Waals surface area (Å²) in [5.74, 6) is 0. The first-order valence-electron chi connectivity index (χ1n) is 7.93. The Bertz CT molecular complexity index is 887. The van der Waals surface area contributed by atoms with Gasteiger partial charge in [0.25, 0.3) is 5.56 Å². The molecule has 2 heterocycles. The molecule has 1 saturated heterocycles. The van der Waals surface area contributed by atoms with Crippen molar-refractivity contribution < 1.29 is 8.42 Å². The van der Waals surface area contributed by atoms with Gasteiger partial charge in [-0.2, -0.15) is 4.31 Å². The summed E-state index contributed by atoms with van der Waals surface area (Å²) in [5.41, 5.74) is 0.261. The van der Waals surface area contributed by atoms with Gasteiger partial charge in [-0.05, 0) is 36.6 Å². The van der Waals surface area contributed by atoms with E-state index < -0.39 is 15.6 Å². The molecule has 0 aliphatic carbocycles. The van der Waals surface area contributed by atoms with Gasteiger partial charge in [0.15, 0.2) is 0 Å². The van der Waals surface area contributed by atoms with Crippen molar-refractivity contribution in [1.29, 1.82) is 0 Å². The van der Waals surface area contributed by atoms with Gasteiger partial charge < -0.3 is 4.57 Å². The molecule has 1 aromatic carbocycles. The van der Waals surface area contributed by atoms with Gasteiger partial charge in [0.1, 0.15) is 4.90 Å². The second-order valence-corrected chi connectivity index (χ2v) is 8.18. The van der Waals surface area contributed by atoms with Crippen molar-refractivity contribution >= 4 is 21.6 Å². The van der Waals surface area contributed by atoms with Crippen LogP contribution < -0.4 is 5.56 Å². The third kappa shape index (κ3) is 3.41. The van der Waals surface area contributed by atoms with Gasteiger partial charge in [-0.3, -0.25) is 4.79 Å². The van der Waals surface area contributed by atoms with Gasteiger partial charge in [0.2, 0.25) is 10.0 Å². The maximum absolute atomic E-state index is 12.8. The number of sulfonamides is 1. The summed E-state index contributed by atoms with van der Waals surface area (Å²) in [6.07, 6.45) is 4.28. The third-order valence-corrected chi connectivity index (χ3v) is 6.50. The minimum atomic E-state index is -3.75. The van der Waals surface area contributed by atoms with E-state index in [2.05, 4.69) is 0 Å². The molecule has 7 heteroatoms. The molecule has 0 spiro atoms. The fraction of sp³-hybridized carbons (Fsp3) is 0.353. The Morgan fingerprint density at radius 2 is 1.71 bits per heavy atom. The Hall–Kier alpha value is -1.63. The summed E-state index contributed by atoms with van der Waals surface area (Å²) in [4.78, 5) is 12.5. The largest absolute Gasteiger partial charge is 0.310 e. The van der Waals surface area contributed by atoms with Crippen molar-refractivity contribution in [3.05, 3.63) is 63.5 Å². The van der Waals surface area contributed by atoms with Crippen molar-refractivity contribution in [3.8, 4) is 0 Å². The van der Waals surface area contributed by atoms with Crippen LogP contribution in [0.25, 0.3) is 0 Å². The van der Waals surface area contributed by atoms with E-state index in [1.165, 1.54) is 14.9 Å². The summed E-state index contributed by atoms with van der Waals surface area (Å²) in [7, 11) is -3.75. The number of benzene rings is 1. The van der Waals surface area contributed by atoms with Crippen molar-refractivity contribution in [2.75, 3.05) is 13.1 Å². The number of pyridine rings is 1. The molecule has 0 bridgehead atoms. The summed E-state index contributed by atoms with van der Waals surface area (Å²) in [6, 6.07) is 10.2. The lowest BCUT2D eigenvalue weighted by Crippen LogP contribution is -2.39. The minimum Gasteiger partial charge on any atom is -0.310 e. The maximum atomic E-state index is 12.8. The molecule has 0 atom stereocenters. The van der Waals surface area contributed by atoms with Crippen LogP contribution in [0.5, 0.6) is 0 Å². The fourth-order valence-corrected chi connectivity index (χ4v) is 4.69. The van der Waals surface area contributed by atoms with E-state index in [4.69, 9.17) is 11.6 Å². The predicted molar refractivity (Wildman–Crippen MR) is 93.9 cm³/mol. The lowest BCUT2D eigenvalue weighted by molar-refractivity contribution is 0.346. The van der Waals surface area contributed by atoms with Crippen LogP contribution in [-0.2, 0) is 16.6 Å². The van der Waals surface area contributed by atoms with Crippen LogP contribution in [0.3, 0.4) is 0 Å². The van der Waals surface area contributed by atoms with Crippen LogP contribution in [0, 0.1) is 0 Å². The first kappa shape index (κ1) is 17.2. The Labute approximate surface area is 146 Å². The lowest BCUT2D eigenvalue weighted by Gasteiger charge is -2.25. The Morgan fingerprint density at radius 3 is 2.42 bits per heavy atom. The molecule has 1 aliphatic heterocycles. The lowest BCUT2D eigenvalue weighted by atomic mass is 10.2. The molecule has 3 rings (SSSR count). The van der Waals surface area contributed by atoms with E-state index in [1.807, 2.05) is 18.2 Å². The quantitative estimate of drug-likeness (QED) is 0.835. The molecule has 0 amide bonds. The van der Waals surface area contributed by atoms with E-state index >= 15 is 0 Å². The van der Waals surface area contributed by atoms with Crippen LogP contribution in [-0.4, -0.2) is 30.4 Å². The molecule has 1 aromatic heterocycles. The van der Waals surface area contributed by atoms with Crippen LogP contribution >= 0.6 is 11.6 Å². The van der Waals surface area contributed by atoms with Gasteiger partial charge in [0, 0.05) is 24.3 Å². The van der Waals surface area contributed by atoms with Gasteiger partial charge in [-0.25, -0.2) is 8.42 Å². The Morgan fingerprint density at radius 1 is 1.00 bits per heavy atom. The summed E-state index contributed by atoms with van der Waals surface area (Å²) in [6.45, 7) is 1.18. The molecule has 1 aliphatic rings. The van der Waals surface area contributed by atoms with E-state index in [0.717, 1.165) is 24.8 Å². The first-order valence-corrected chi connectivity index (χ1v) is 9.75. The SMILES string of the molecule is O=c1c(S(=O)(=O)N2CCCCC2)cccn1Cc1ccccc1Cl. The molecule has 0 saturated carbocycles. The van der Waals surface area contributed by atoms with Crippen molar-refractivity contribution in [3.63, 3.8) is 0 Å². The van der Waals surface area contributed by atoms with Gasteiger partial charge in [-0.1, -0.05) is 36.2 Å². The smallest absolute Gasteiger partial charge is 0.271 e. The highest BCUT2D eigenvalue weighted by atomic mass is 35.5. The van der Waals surface area contributed by atoms with Crippen molar-refractivity contribution in [2.45, 2.75) is 30.7 Å². The first-order chi connectivity index (χ1) is 11.5. The normalized spacial score (nSPS) is 16.2. The number of hydrogen-bond donors (Lipinski definition) is 0. The summed E-state index contributed by atoms with van der Waals surface area (Å²) < 4.78 is 28.3. The van der Waals surface area contributed by atoms with Crippen LogP contribution in [0.4, 0.5) is 0 Å². The van der Waals surface area contributed by atoms with Crippen LogP contribution in [0.2, 0.25) is 5.02 Å². The summed E-state index contributed by atoms with van der Waals surface area (Å²) in [5, 5.41) is 0.550. The molecule has 0 radical (unpaired) electrons. The Kier molecular flexibility index (Phi) is 5.08. The zero-order valence-corrected chi connectivity index (χ0v) is 14.8. The summed E-state index contributed by atoms with van der Waals surface area (Å²) >= 11 is 6.14. The minimum absolute atomic E-state index is 0.168. The van der Waals surface area contributed by atoms with Gasteiger partial charge in [0.05, 0.1) is 6.54 Å². The number of rotatable bonds is 4. The second kappa shape index (κ2) is 7.09. The maximum Gasteiger partial charge on any atom is 0.271 e. The zero-order valence-electron chi connectivity index (χ0n) is 13.2. The number of hydrogen-bond acceptors (Lipinski definition) is 3. The number of halogens is 1. The number of piperidine rings is 1. The van der Waals surface area contributed by atoms with E-state index in [0.29, 0.717) is 18.1 Å². The topological polar surface area (TPSA) is 59.4 Å². The van der Waals surface area contributed by atoms with E-state index in [-0.39, 0.29) is 11.4 Å². The van der Waals surface area contributed by atoms with Gasteiger partial charge in [-0.15, -0.1) is 0 Å². The number of aromatic nitrogens is 1. The molecule has 0 N–H and O–H groups in total. The molecule has 128 valence electrons. The zero-order chi connectivity index (χ0) is 17.2. The molecule has 24 heavy (non-hydrogen) atoms. The highest BCUT2D eigenvalue weighted by Crippen LogP contribution is 2.19. The van der Waals surface area contributed by atoms with E-state index in [1.54, 1.807) is 18.3 Å². The average Bonchev–Trinajstić information content (AvgIpc) is 2.59. The van der Waals surface area contributed by atoms with Gasteiger partial charge >= 0.3 is 0 Å². The highest BCUT2D eigenvalue weighted by Gasteiger charge is 2.28. The predicted octanol–water partition coefficient (Wildman–Crippen LogP) is 2.72. The standard InChI is InChI=1S/C17H19ClN2O3S/c18-15-8-3-2-7-14(15)13-19-10-6-9-16(17(19)21)24(22,23)20-11-4-1-5-12-20/h2-3,6-10H,1,4-5,11-13H2. The molecular formula is C17H19ClN2O3S. The monoisotopic (exact) mass is 366 g/mol. The van der Waals surface area contributed by atoms with E-state index in [9.17, 15) is 13.2 Å². The fourth-order valence-electron chi connectivity index (χ4n) is 2.89. The second-order valence-electron chi connectivity index (χ2n) is 5.86. The molecule has 2 aromatic rings. The average molecular weight is 367 g/mol. The van der Waals surface area contributed by atoms with Crippen LogP contribution in [0.1, 0.15) is 24.8 Å². The van der Waals surface area contributed by atoms with Crippen molar-refractivity contribution in [2.24, 2.45) is 0 Å². The molecule has 0 unspecified atom stereocenters. The molecule has 5 nitrogen and oxygen atoms in total. The third-order valence-electron chi connectivity index (χ3n) is 4.22. The highest BCUT2D eigenvalue weighted by molar-refractivity contribution is 7.89.